The molecule has 0 radical (unpaired) electrons. The van der Waals surface area contributed by atoms with Crippen molar-refractivity contribution < 1.29 is 0 Å². The summed E-state index contributed by atoms with van der Waals surface area (Å²) < 4.78 is 1.99. The van der Waals surface area contributed by atoms with Gasteiger partial charge in [-0.25, -0.2) is 14.6 Å². The van der Waals surface area contributed by atoms with Gasteiger partial charge in [0, 0.05) is 17.4 Å². The van der Waals surface area contributed by atoms with E-state index in [-0.39, 0.29) is 0 Å². The molecule has 0 saturated heterocycles. The smallest absolute Gasteiger partial charge is 0.227 e. The van der Waals surface area contributed by atoms with Crippen molar-refractivity contribution in [3.63, 3.8) is 0 Å². The first kappa shape index (κ1) is 17.0. The molecule has 4 aromatic rings. The minimum absolute atomic E-state index is 0.576. The van der Waals surface area contributed by atoms with Crippen LogP contribution in [0.3, 0.4) is 0 Å². The number of para-hydroxylation sites is 2. The number of benzene rings is 2. The second-order valence-electron chi connectivity index (χ2n) is 6.26. The summed E-state index contributed by atoms with van der Waals surface area (Å²) in [5.74, 6) is 0.576. The van der Waals surface area contributed by atoms with Crippen LogP contribution < -0.4 is 5.32 Å². The summed E-state index contributed by atoms with van der Waals surface area (Å²) in [6.07, 6.45) is 2.62. The van der Waals surface area contributed by atoms with Gasteiger partial charge in [0.25, 0.3) is 0 Å². The Bertz CT molecular complexity index is 1040. The van der Waals surface area contributed by atoms with E-state index in [4.69, 9.17) is 10.1 Å². The van der Waals surface area contributed by atoms with Gasteiger partial charge in [-0.1, -0.05) is 43.3 Å². The highest BCUT2D eigenvalue weighted by atomic mass is 15.3. The van der Waals surface area contributed by atoms with Crippen LogP contribution >= 0.6 is 0 Å². The van der Waals surface area contributed by atoms with Crippen molar-refractivity contribution in [2.24, 2.45) is 0 Å². The molecule has 4 rings (SSSR count). The molecule has 0 aliphatic carbocycles. The van der Waals surface area contributed by atoms with Crippen LogP contribution in [0.1, 0.15) is 18.3 Å². The Hall–Kier alpha value is -3.47. The molecule has 0 spiro atoms. The summed E-state index contributed by atoms with van der Waals surface area (Å²) >= 11 is 0. The average molecular weight is 355 g/mol. The van der Waals surface area contributed by atoms with Crippen LogP contribution in [-0.2, 0) is 6.42 Å². The lowest BCUT2D eigenvalue weighted by atomic mass is 10.1. The van der Waals surface area contributed by atoms with Gasteiger partial charge in [0.05, 0.1) is 22.8 Å². The lowest BCUT2D eigenvalue weighted by molar-refractivity contribution is 0.818. The van der Waals surface area contributed by atoms with Gasteiger partial charge in [-0.2, -0.15) is 5.10 Å². The Morgan fingerprint density at radius 1 is 0.926 bits per heavy atom. The zero-order chi connectivity index (χ0) is 18.6. The molecule has 0 aliphatic rings. The summed E-state index contributed by atoms with van der Waals surface area (Å²) in [5, 5.41) is 8.08. The van der Waals surface area contributed by atoms with Gasteiger partial charge in [-0.15, -0.1) is 0 Å². The van der Waals surface area contributed by atoms with E-state index in [1.165, 1.54) is 0 Å². The van der Waals surface area contributed by atoms with E-state index >= 15 is 0 Å². The first-order chi connectivity index (χ1) is 13.3. The lowest BCUT2D eigenvalue weighted by Crippen LogP contribution is -2.00. The van der Waals surface area contributed by atoms with Crippen molar-refractivity contribution in [1.82, 2.24) is 19.7 Å². The molecule has 5 heteroatoms. The number of rotatable bonds is 5. The fraction of sp³-hybridized carbons (Fsp3) is 0.136. The predicted molar refractivity (Wildman–Crippen MR) is 108 cm³/mol. The maximum atomic E-state index is 4.82. The van der Waals surface area contributed by atoms with Crippen molar-refractivity contribution in [2.45, 2.75) is 20.3 Å². The van der Waals surface area contributed by atoms with Gasteiger partial charge in [-0.3, -0.25) is 0 Å². The average Bonchev–Trinajstić information content (AvgIpc) is 3.06. The van der Waals surface area contributed by atoms with Gasteiger partial charge < -0.3 is 5.32 Å². The fourth-order valence-electron chi connectivity index (χ4n) is 3.17. The van der Waals surface area contributed by atoms with Crippen molar-refractivity contribution >= 4 is 11.6 Å². The Balaban J connectivity index is 1.75. The van der Waals surface area contributed by atoms with Crippen LogP contribution in [-0.4, -0.2) is 19.7 Å². The molecule has 0 bridgehead atoms. The minimum atomic E-state index is 0.576. The minimum Gasteiger partial charge on any atom is -0.324 e. The van der Waals surface area contributed by atoms with Crippen molar-refractivity contribution in [1.29, 1.82) is 0 Å². The first-order valence-corrected chi connectivity index (χ1v) is 9.05. The molecule has 1 N–H and O–H groups in total. The number of anilines is 2. The summed E-state index contributed by atoms with van der Waals surface area (Å²) in [6.45, 7) is 4.20. The molecule has 27 heavy (non-hydrogen) atoms. The molecule has 0 fully saturated rings. The Labute approximate surface area is 158 Å². The highest BCUT2D eigenvalue weighted by Crippen LogP contribution is 2.29. The molecule has 0 saturated carbocycles. The van der Waals surface area contributed by atoms with Crippen molar-refractivity contribution in [3.05, 3.63) is 84.3 Å². The van der Waals surface area contributed by atoms with Crippen molar-refractivity contribution in [2.75, 3.05) is 5.32 Å². The van der Waals surface area contributed by atoms with Crippen molar-refractivity contribution in [3.8, 4) is 16.9 Å². The zero-order valence-corrected chi connectivity index (χ0v) is 15.4. The predicted octanol–water partition coefficient (Wildman–Crippen LogP) is 4.94. The summed E-state index contributed by atoms with van der Waals surface area (Å²) in [5.41, 5.74) is 6.05. The zero-order valence-electron chi connectivity index (χ0n) is 15.4. The maximum absolute atomic E-state index is 4.82. The number of aryl methyl sites for hydroxylation is 1. The highest BCUT2D eigenvalue weighted by molar-refractivity contribution is 5.67. The first-order valence-electron chi connectivity index (χ1n) is 9.05. The number of nitrogens with zero attached hydrogens (tertiary/aromatic N) is 4. The number of hydrogen-bond acceptors (Lipinski definition) is 4. The molecule has 0 atom stereocenters. The van der Waals surface area contributed by atoms with Crippen LogP contribution in [0.4, 0.5) is 11.6 Å². The quantitative estimate of drug-likeness (QED) is 0.551. The lowest BCUT2D eigenvalue weighted by Gasteiger charge is -2.08. The third-order valence-electron chi connectivity index (χ3n) is 4.47. The van der Waals surface area contributed by atoms with E-state index in [9.17, 15) is 0 Å². The molecular weight excluding hydrogens is 334 g/mol. The van der Waals surface area contributed by atoms with E-state index in [2.05, 4.69) is 36.3 Å². The molecular formula is C22H21N5. The SMILES string of the molecule is CCc1nn(-c2ccccc2)c(C)c1-c1ccnc(Nc2ccccc2)n1. The van der Waals surface area contributed by atoms with Gasteiger partial charge in [0.15, 0.2) is 0 Å². The van der Waals surface area contributed by atoms with Gasteiger partial charge in [0.2, 0.25) is 5.95 Å². The second-order valence-corrected chi connectivity index (χ2v) is 6.26. The summed E-state index contributed by atoms with van der Waals surface area (Å²) in [6, 6.07) is 22.0. The monoisotopic (exact) mass is 355 g/mol. The third-order valence-corrected chi connectivity index (χ3v) is 4.47. The summed E-state index contributed by atoms with van der Waals surface area (Å²) in [7, 11) is 0. The van der Waals surface area contributed by atoms with Gasteiger partial charge >= 0.3 is 0 Å². The van der Waals surface area contributed by atoms with Gasteiger partial charge in [-0.05, 0) is 43.7 Å². The third kappa shape index (κ3) is 3.44. The van der Waals surface area contributed by atoms with Crippen LogP contribution in [0.5, 0.6) is 0 Å². The largest absolute Gasteiger partial charge is 0.324 e. The number of nitrogens with one attached hydrogen (secondary N) is 1. The molecule has 2 aromatic carbocycles. The van der Waals surface area contributed by atoms with Crippen LogP contribution in [0, 0.1) is 6.92 Å². The number of aromatic nitrogens is 4. The highest BCUT2D eigenvalue weighted by Gasteiger charge is 2.17. The number of hydrogen-bond donors (Lipinski definition) is 1. The van der Waals surface area contributed by atoms with Crippen LogP contribution in [0.15, 0.2) is 72.9 Å². The standard InChI is InChI=1S/C22H21N5/c1-3-19-21(16(2)27(26-19)18-12-8-5-9-13-18)20-14-15-23-22(25-20)24-17-10-6-4-7-11-17/h4-15H,3H2,1-2H3,(H,23,24,25). The van der Waals surface area contributed by atoms with E-state index in [0.717, 1.165) is 40.4 Å². The van der Waals surface area contributed by atoms with Gasteiger partial charge in [0.1, 0.15) is 0 Å². The Kier molecular flexibility index (Phi) is 4.66. The maximum Gasteiger partial charge on any atom is 0.227 e. The molecule has 0 amide bonds. The Morgan fingerprint density at radius 3 is 2.33 bits per heavy atom. The summed E-state index contributed by atoms with van der Waals surface area (Å²) in [4.78, 5) is 9.10. The van der Waals surface area contributed by atoms with Crippen LogP contribution in [0.25, 0.3) is 16.9 Å². The second kappa shape index (κ2) is 7.41. The van der Waals surface area contributed by atoms with Crippen LogP contribution in [0.2, 0.25) is 0 Å². The van der Waals surface area contributed by atoms with E-state index < -0.39 is 0 Å². The molecule has 0 unspecified atom stereocenters. The molecule has 0 aliphatic heterocycles. The molecule has 134 valence electrons. The van der Waals surface area contributed by atoms with E-state index in [1.54, 1.807) is 6.20 Å². The Morgan fingerprint density at radius 2 is 1.63 bits per heavy atom. The topological polar surface area (TPSA) is 55.6 Å². The van der Waals surface area contributed by atoms with E-state index in [0.29, 0.717) is 5.95 Å². The molecule has 5 nitrogen and oxygen atoms in total. The molecule has 2 heterocycles. The normalized spacial score (nSPS) is 10.7. The molecule has 2 aromatic heterocycles. The van der Waals surface area contributed by atoms with E-state index in [1.807, 2.05) is 59.3 Å². The fourth-order valence-corrected chi connectivity index (χ4v) is 3.17.